The predicted molar refractivity (Wildman–Crippen MR) is 175 cm³/mol. The van der Waals surface area contributed by atoms with Crippen molar-refractivity contribution in [3.8, 4) is 11.5 Å². The largest absolute Gasteiger partial charge is 0.486 e. The number of hydrogen-bond acceptors (Lipinski definition) is 6. The summed E-state index contributed by atoms with van der Waals surface area (Å²) in [5, 5.41) is 3.03. The molecule has 1 heterocycles. The number of fused-ring (bicyclic) bond motifs is 1. The molecular formula is C33H40BrN3O6S. The van der Waals surface area contributed by atoms with Crippen molar-refractivity contribution in [1.82, 2.24) is 10.2 Å². The smallest absolute Gasteiger partial charge is 0.243 e. The zero-order chi connectivity index (χ0) is 31.5. The van der Waals surface area contributed by atoms with E-state index in [0.717, 1.165) is 34.7 Å². The van der Waals surface area contributed by atoms with Crippen LogP contribution < -0.4 is 19.1 Å². The standard InChI is InChI=1S/C33H40BrN3O6S/c1-3-4-17-35-33(39)29(22-25-10-6-5-7-11-25)36(24-26-12-8-13-27(34)21-26)32(38)14-9-18-37(44(2,40)41)28-15-16-30-31(23-28)43-20-19-42-30/h5-8,10-13,15-16,21,23,29H,3-4,9,14,17-20,22,24H2,1-2H3,(H,35,39)/t29-/m0/s1. The maximum absolute atomic E-state index is 14.0. The van der Waals surface area contributed by atoms with Crippen molar-refractivity contribution in [2.24, 2.45) is 0 Å². The number of carbonyl (C=O) groups excluding carboxylic acids is 2. The second-order valence-corrected chi connectivity index (χ2v) is 13.6. The molecule has 3 aromatic rings. The summed E-state index contributed by atoms with van der Waals surface area (Å²) in [6, 6.07) is 21.6. The van der Waals surface area contributed by atoms with Crippen molar-refractivity contribution in [2.45, 2.75) is 51.6 Å². The molecule has 1 aliphatic heterocycles. The fraction of sp³-hybridized carbons (Fsp3) is 0.394. The fourth-order valence-electron chi connectivity index (χ4n) is 5.08. The minimum absolute atomic E-state index is 0.0537. The highest BCUT2D eigenvalue weighted by atomic mass is 79.9. The van der Waals surface area contributed by atoms with Crippen LogP contribution in [-0.4, -0.2) is 63.7 Å². The molecule has 44 heavy (non-hydrogen) atoms. The molecule has 3 aromatic carbocycles. The zero-order valence-electron chi connectivity index (χ0n) is 25.2. The minimum Gasteiger partial charge on any atom is -0.486 e. The number of ether oxygens (including phenoxy) is 2. The summed E-state index contributed by atoms with van der Waals surface area (Å²) in [5.74, 6) is 0.608. The molecule has 0 radical (unpaired) electrons. The van der Waals surface area contributed by atoms with Gasteiger partial charge in [-0.25, -0.2) is 8.42 Å². The molecular weight excluding hydrogens is 646 g/mol. The average molecular weight is 687 g/mol. The van der Waals surface area contributed by atoms with Crippen LogP contribution in [0.4, 0.5) is 5.69 Å². The van der Waals surface area contributed by atoms with E-state index in [1.807, 2.05) is 54.6 Å². The van der Waals surface area contributed by atoms with Crippen molar-refractivity contribution in [3.63, 3.8) is 0 Å². The monoisotopic (exact) mass is 685 g/mol. The van der Waals surface area contributed by atoms with Crippen LogP contribution in [0, 0.1) is 0 Å². The first-order valence-electron chi connectivity index (χ1n) is 14.9. The minimum atomic E-state index is -3.66. The highest BCUT2D eigenvalue weighted by Gasteiger charge is 2.30. The number of sulfonamides is 1. The average Bonchev–Trinajstić information content (AvgIpc) is 3.00. The molecule has 1 atom stereocenters. The van der Waals surface area contributed by atoms with Crippen molar-refractivity contribution in [2.75, 3.05) is 36.9 Å². The molecule has 11 heteroatoms. The Morgan fingerprint density at radius 3 is 2.36 bits per heavy atom. The van der Waals surface area contributed by atoms with E-state index in [4.69, 9.17) is 9.47 Å². The van der Waals surface area contributed by atoms with Gasteiger partial charge in [0.25, 0.3) is 0 Å². The number of unbranched alkanes of at least 4 members (excludes halogenated alkanes) is 1. The van der Waals surface area contributed by atoms with Crippen LogP contribution in [0.2, 0.25) is 0 Å². The van der Waals surface area contributed by atoms with Crippen molar-refractivity contribution < 1.29 is 27.5 Å². The van der Waals surface area contributed by atoms with E-state index in [1.165, 1.54) is 4.31 Å². The SMILES string of the molecule is CCCCNC(=O)[C@H](Cc1ccccc1)N(Cc1cccc(Br)c1)C(=O)CCCN(c1ccc2c(c1)OCCO2)S(C)(=O)=O. The second-order valence-electron chi connectivity index (χ2n) is 10.8. The van der Waals surface area contributed by atoms with Crippen LogP contribution in [0.25, 0.3) is 0 Å². The van der Waals surface area contributed by atoms with Gasteiger partial charge in [-0.2, -0.15) is 0 Å². The Labute approximate surface area is 268 Å². The molecule has 4 rings (SSSR count). The lowest BCUT2D eigenvalue weighted by atomic mass is 10.0. The maximum Gasteiger partial charge on any atom is 0.243 e. The van der Waals surface area contributed by atoms with Crippen molar-refractivity contribution >= 4 is 43.5 Å². The molecule has 1 aliphatic rings. The summed E-state index contributed by atoms with van der Waals surface area (Å²) in [7, 11) is -3.66. The Kier molecular flexibility index (Phi) is 12.1. The number of anilines is 1. The van der Waals surface area contributed by atoms with Gasteiger partial charge in [0.05, 0.1) is 11.9 Å². The summed E-state index contributed by atoms with van der Waals surface area (Å²) in [5.41, 5.74) is 2.26. The Morgan fingerprint density at radius 2 is 1.66 bits per heavy atom. The van der Waals surface area contributed by atoms with Gasteiger partial charge in [-0.15, -0.1) is 0 Å². The van der Waals surface area contributed by atoms with Crippen LogP contribution >= 0.6 is 15.9 Å². The Hall–Kier alpha value is -3.57. The van der Waals surface area contributed by atoms with E-state index in [1.54, 1.807) is 23.1 Å². The Morgan fingerprint density at radius 1 is 0.932 bits per heavy atom. The van der Waals surface area contributed by atoms with Gasteiger partial charge >= 0.3 is 0 Å². The normalized spacial score (nSPS) is 13.2. The first kappa shape index (κ1) is 33.3. The third kappa shape index (κ3) is 9.46. The number of carbonyl (C=O) groups is 2. The highest BCUT2D eigenvalue weighted by molar-refractivity contribution is 9.10. The fourth-order valence-corrected chi connectivity index (χ4v) is 6.49. The van der Waals surface area contributed by atoms with E-state index < -0.39 is 16.1 Å². The number of rotatable bonds is 15. The van der Waals surface area contributed by atoms with E-state index in [2.05, 4.69) is 28.2 Å². The van der Waals surface area contributed by atoms with E-state index >= 15 is 0 Å². The zero-order valence-corrected chi connectivity index (χ0v) is 27.6. The van der Waals surface area contributed by atoms with Crippen LogP contribution in [0.3, 0.4) is 0 Å². The summed E-state index contributed by atoms with van der Waals surface area (Å²) in [4.78, 5) is 29.2. The van der Waals surface area contributed by atoms with Gasteiger partial charge in [0.1, 0.15) is 19.3 Å². The number of hydrogen-bond donors (Lipinski definition) is 1. The van der Waals surface area contributed by atoms with Crippen LogP contribution in [0.1, 0.15) is 43.7 Å². The van der Waals surface area contributed by atoms with Gasteiger partial charge in [0, 0.05) is 43.0 Å². The molecule has 0 aliphatic carbocycles. The summed E-state index contributed by atoms with van der Waals surface area (Å²) in [6.45, 7) is 3.71. The summed E-state index contributed by atoms with van der Waals surface area (Å²) < 4.78 is 39.0. The van der Waals surface area contributed by atoms with E-state index in [0.29, 0.717) is 43.4 Å². The number of amides is 2. The first-order chi connectivity index (χ1) is 21.2. The molecule has 0 saturated carbocycles. The van der Waals surface area contributed by atoms with Crippen LogP contribution in [0.15, 0.2) is 77.3 Å². The number of nitrogens with one attached hydrogen (secondary N) is 1. The molecule has 0 fully saturated rings. The number of benzene rings is 3. The van der Waals surface area contributed by atoms with Gasteiger partial charge in [-0.1, -0.05) is 71.7 Å². The van der Waals surface area contributed by atoms with Crippen LogP contribution in [0.5, 0.6) is 11.5 Å². The third-order valence-corrected chi connectivity index (χ3v) is 9.00. The van der Waals surface area contributed by atoms with Gasteiger partial charge in [0.2, 0.25) is 21.8 Å². The molecule has 0 spiro atoms. The lowest BCUT2D eigenvalue weighted by Crippen LogP contribution is -2.50. The lowest BCUT2D eigenvalue weighted by molar-refractivity contribution is -0.141. The molecule has 236 valence electrons. The van der Waals surface area contributed by atoms with Gasteiger partial charge in [-0.3, -0.25) is 13.9 Å². The second kappa shape index (κ2) is 15.9. The third-order valence-electron chi connectivity index (χ3n) is 7.31. The molecule has 1 N–H and O–H groups in total. The van der Waals surface area contributed by atoms with E-state index in [9.17, 15) is 18.0 Å². The molecule has 0 aromatic heterocycles. The molecule has 2 amide bonds. The van der Waals surface area contributed by atoms with Gasteiger partial charge in [0.15, 0.2) is 11.5 Å². The number of halogens is 1. The Balaban J connectivity index is 1.56. The number of nitrogens with zero attached hydrogens (tertiary/aromatic N) is 2. The van der Waals surface area contributed by atoms with Gasteiger partial charge < -0.3 is 19.7 Å². The van der Waals surface area contributed by atoms with Crippen molar-refractivity contribution in [3.05, 3.63) is 88.4 Å². The summed E-state index contributed by atoms with van der Waals surface area (Å²) in [6.07, 6.45) is 3.57. The predicted octanol–water partition coefficient (Wildman–Crippen LogP) is 5.32. The van der Waals surface area contributed by atoms with Gasteiger partial charge in [-0.05, 0) is 48.2 Å². The van der Waals surface area contributed by atoms with Crippen LogP contribution in [-0.2, 0) is 32.6 Å². The molecule has 0 saturated heterocycles. The first-order valence-corrected chi connectivity index (χ1v) is 17.5. The maximum atomic E-state index is 14.0. The summed E-state index contributed by atoms with van der Waals surface area (Å²) >= 11 is 3.51. The quantitative estimate of drug-likeness (QED) is 0.217. The lowest BCUT2D eigenvalue weighted by Gasteiger charge is -2.32. The van der Waals surface area contributed by atoms with Crippen molar-refractivity contribution in [1.29, 1.82) is 0 Å². The molecule has 0 bridgehead atoms. The topological polar surface area (TPSA) is 105 Å². The Bertz CT molecular complexity index is 1520. The van der Waals surface area contributed by atoms with E-state index in [-0.39, 0.29) is 37.7 Å². The molecule has 0 unspecified atom stereocenters. The molecule has 9 nitrogen and oxygen atoms in total. The highest BCUT2D eigenvalue weighted by Crippen LogP contribution is 2.35.